The number of hydrogen-bond acceptors (Lipinski definition) is 4. The van der Waals surface area contributed by atoms with Crippen LogP contribution in [0.25, 0.3) is 0 Å². The highest BCUT2D eigenvalue weighted by Gasteiger charge is 2.42. The van der Waals surface area contributed by atoms with Gasteiger partial charge in [0.15, 0.2) is 5.79 Å². The van der Waals surface area contributed by atoms with E-state index in [-0.39, 0.29) is 17.8 Å². The first-order valence-electron chi connectivity index (χ1n) is 7.70. The van der Waals surface area contributed by atoms with E-state index in [0.717, 1.165) is 31.4 Å². The van der Waals surface area contributed by atoms with Gasteiger partial charge >= 0.3 is 0 Å². The van der Waals surface area contributed by atoms with Gasteiger partial charge in [-0.05, 0) is 31.9 Å². The molecule has 1 saturated carbocycles. The van der Waals surface area contributed by atoms with E-state index >= 15 is 0 Å². The van der Waals surface area contributed by atoms with Gasteiger partial charge < -0.3 is 14.8 Å². The van der Waals surface area contributed by atoms with Crippen LogP contribution in [-0.2, 0) is 9.47 Å². The van der Waals surface area contributed by atoms with Gasteiger partial charge in [-0.2, -0.15) is 0 Å². The molecule has 114 valence electrons. The molecule has 1 N–H and O–H groups in total. The van der Waals surface area contributed by atoms with Gasteiger partial charge in [0.1, 0.15) is 6.10 Å². The van der Waals surface area contributed by atoms with Crippen molar-refractivity contribution in [1.82, 2.24) is 10.3 Å². The van der Waals surface area contributed by atoms with Crippen molar-refractivity contribution in [2.24, 2.45) is 0 Å². The molecule has 1 amide bonds. The number of pyridine rings is 1. The Hall–Kier alpha value is -1.46. The molecule has 3 rings (SSSR count). The Labute approximate surface area is 125 Å². The second-order valence-electron chi connectivity index (χ2n) is 5.92. The number of carbonyl (C=O) groups is 1. The summed E-state index contributed by atoms with van der Waals surface area (Å²) in [6, 6.07) is 3.62. The molecule has 1 aromatic rings. The topological polar surface area (TPSA) is 60.5 Å². The van der Waals surface area contributed by atoms with E-state index in [1.807, 2.05) is 13.0 Å². The third-order valence-electron chi connectivity index (χ3n) is 4.19. The van der Waals surface area contributed by atoms with Crippen molar-refractivity contribution in [3.8, 4) is 0 Å². The molecule has 0 aromatic carbocycles. The molecule has 5 heteroatoms. The average Bonchev–Trinajstić information content (AvgIpc) is 2.89. The van der Waals surface area contributed by atoms with Crippen LogP contribution in [0.5, 0.6) is 0 Å². The van der Waals surface area contributed by atoms with E-state index in [2.05, 4.69) is 10.3 Å². The third kappa shape index (κ3) is 3.41. The third-order valence-corrected chi connectivity index (χ3v) is 4.19. The highest BCUT2D eigenvalue weighted by atomic mass is 16.7. The first-order chi connectivity index (χ1) is 10.2. The number of rotatable bonds is 3. The summed E-state index contributed by atoms with van der Waals surface area (Å²) in [5, 5.41) is 2.90. The van der Waals surface area contributed by atoms with Crippen LogP contribution in [-0.4, -0.2) is 35.9 Å². The number of hydrogen-bond donors (Lipinski definition) is 1. The summed E-state index contributed by atoms with van der Waals surface area (Å²) in [7, 11) is 0. The Morgan fingerprint density at radius 1 is 1.38 bits per heavy atom. The summed E-state index contributed by atoms with van der Waals surface area (Å²) in [5.41, 5.74) is 1.48. The van der Waals surface area contributed by atoms with Crippen molar-refractivity contribution in [2.45, 2.75) is 50.9 Å². The van der Waals surface area contributed by atoms with E-state index in [0.29, 0.717) is 18.7 Å². The van der Waals surface area contributed by atoms with Crippen molar-refractivity contribution >= 4 is 5.91 Å². The largest absolute Gasteiger partial charge is 0.349 e. The first kappa shape index (κ1) is 14.5. The molecular formula is C16H22N2O3. The quantitative estimate of drug-likeness (QED) is 0.927. The van der Waals surface area contributed by atoms with Gasteiger partial charge in [-0.15, -0.1) is 0 Å². The molecule has 1 spiro atoms. The van der Waals surface area contributed by atoms with Crippen molar-refractivity contribution in [3.05, 3.63) is 29.6 Å². The monoisotopic (exact) mass is 290 g/mol. The molecule has 2 aliphatic rings. The second-order valence-corrected chi connectivity index (χ2v) is 5.92. The minimum absolute atomic E-state index is 0.0505. The number of carbonyl (C=O) groups excluding carboxylic acids is 1. The fraction of sp³-hybridized carbons (Fsp3) is 0.625. The summed E-state index contributed by atoms with van der Waals surface area (Å²) in [5.74, 6) is -0.491. The Kier molecular flexibility index (Phi) is 4.22. The lowest BCUT2D eigenvalue weighted by Gasteiger charge is -2.31. The number of nitrogens with one attached hydrogen (secondary N) is 1. The lowest BCUT2D eigenvalue weighted by Crippen LogP contribution is -2.37. The Balaban J connectivity index is 1.49. The maximum Gasteiger partial charge on any atom is 0.252 e. The summed E-state index contributed by atoms with van der Waals surface area (Å²) < 4.78 is 11.9. The molecule has 21 heavy (non-hydrogen) atoms. The summed E-state index contributed by atoms with van der Waals surface area (Å²) >= 11 is 0. The van der Waals surface area contributed by atoms with Gasteiger partial charge in [-0.25, -0.2) is 0 Å². The Morgan fingerprint density at radius 2 is 2.19 bits per heavy atom. The smallest absolute Gasteiger partial charge is 0.252 e. The molecule has 0 radical (unpaired) electrons. The number of nitrogens with zero attached hydrogens (tertiary/aromatic N) is 1. The molecule has 2 fully saturated rings. The van der Waals surface area contributed by atoms with E-state index in [9.17, 15) is 4.79 Å². The van der Waals surface area contributed by atoms with Gasteiger partial charge in [-0.3, -0.25) is 9.78 Å². The van der Waals surface area contributed by atoms with Crippen LogP contribution in [0, 0.1) is 6.92 Å². The maximum atomic E-state index is 12.0. The van der Waals surface area contributed by atoms with Crippen LogP contribution < -0.4 is 5.32 Å². The predicted octanol–water partition coefficient (Wildman–Crippen LogP) is 2.20. The SMILES string of the molecule is Cc1ccc(C(=O)NC[C@H]2COC3(CCCCC3)O2)cn1. The second kappa shape index (κ2) is 6.12. The van der Waals surface area contributed by atoms with Gasteiger partial charge in [0, 0.05) is 31.3 Å². The number of aromatic nitrogens is 1. The van der Waals surface area contributed by atoms with Crippen molar-refractivity contribution in [1.29, 1.82) is 0 Å². The minimum atomic E-state index is -0.376. The molecule has 0 unspecified atom stereocenters. The van der Waals surface area contributed by atoms with Gasteiger partial charge in [0.25, 0.3) is 5.91 Å². The molecule has 1 aliphatic heterocycles. The number of ether oxygens (including phenoxy) is 2. The zero-order chi connectivity index (χ0) is 14.7. The zero-order valence-corrected chi connectivity index (χ0v) is 12.4. The van der Waals surface area contributed by atoms with Crippen LogP contribution in [0.3, 0.4) is 0 Å². The number of aryl methyl sites for hydroxylation is 1. The number of amides is 1. The van der Waals surface area contributed by atoms with Crippen LogP contribution in [0.15, 0.2) is 18.3 Å². The predicted molar refractivity (Wildman–Crippen MR) is 77.9 cm³/mol. The van der Waals surface area contributed by atoms with Gasteiger partial charge in [0.05, 0.1) is 12.2 Å². The van der Waals surface area contributed by atoms with Crippen LogP contribution in [0.2, 0.25) is 0 Å². The Bertz CT molecular complexity index is 495. The van der Waals surface area contributed by atoms with Crippen LogP contribution in [0.1, 0.15) is 48.2 Å². The molecule has 2 heterocycles. The van der Waals surface area contributed by atoms with Crippen molar-refractivity contribution in [2.75, 3.05) is 13.2 Å². The Morgan fingerprint density at radius 3 is 2.90 bits per heavy atom. The summed E-state index contributed by atoms with van der Waals surface area (Å²) in [6.07, 6.45) is 7.07. The summed E-state index contributed by atoms with van der Waals surface area (Å²) in [4.78, 5) is 16.2. The molecule has 0 bridgehead atoms. The normalized spacial score (nSPS) is 24.1. The highest BCUT2D eigenvalue weighted by Crippen LogP contribution is 2.37. The molecule has 5 nitrogen and oxygen atoms in total. The fourth-order valence-corrected chi connectivity index (χ4v) is 2.98. The van der Waals surface area contributed by atoms with E-state index in [1.54, 1.807) is 12.3 Å². The van der Waals surface area contributed by atoms with E-state index in [1.165, 1.54) is 6.42 Å². The van der Waals surface area contributed by atoms with Crippen LogP contribution >= 0.6 is 0 Å². The molecular weight excluding hydrogens is 268 g/mol. The average molecular weight is 290 g/mol. The van der Waals surface area contributed by atoms with Gasteiger partial charge in [-0.1, -0.05) is 6.42 Å². The molecule has 1 aliphatic carbocycles. The highest BCUT2D eigenvalue weighted by molar-refractivity contribution is 5.93. The zero-order valence-electron chi connectivity index (χ0n) is 12.4. The lowest BCUT2D eigenvalue weighted by atomic mass is 9.94. The van der Waals surface area contributed by atoms with Gasteiger partial charge in [0.2, 0.25) is 0 Å². The van der Waals surface area contributed by atoms with Crippen LogP contribution in [0.4, 0.5) is 0 Å². The fourth-order valence-electron chi connectivity index (χ4n) is 2.98. The standard InChI is InChI=1S/C16H22N2O3/c1-12-5-6-13(9-17-12)15(19)18-10-14-11-20-16(21-14)7-3-2-4-8-16/h5-6,9,14H,2-4,7-8,10-11H2,1H3,(H,18,19)/t14-/m0/s1. The maximum absolute atomic E-state index is 12.0. The minimum Gasteiger partial charge on any atom is -0.349 e. The van der Waals surface area contributed by atoms with Crippen molar-refractivity contribution < 1.29 is 14.3 Å². The van der Waals surface area contributed by atoms with Crippen molar-refractivity contribution in [3.63, 3.8) is 0 Å². The lowest BCUT2D eigenvalue weighted by molar-refractivity contribution is -0.186. The molecule has 1 aromatic heterocycles. The molecule has 1 saturated heterocycles. The van der Waals surface area contributed by atoms with E-state index < -0.39 is 0 Å². The summed E-state index contributed by atoms with van der Waals surface area (Å²) in [6.45, 7) is 2.94. The molecule has 1 atom stereocenters. The van der Waals surface area contributed by atoms with E-state index in [4.69, 9.17) is 9.47 Å². The first-order valence-corrected chi connectivity index (χ1v) is 7.70.